The molecule has 0 radical (unpaired) electrons. The number of Topliss-reactive ketones (excluding diaryl/α,β-unsaturated/α-hetero) is 2. The lowest BCUT2D eigenvalue weighted by Crippen LogP contribution is -2.63. The molecule has 6 nitrogen and oxygen atoms in total. The summed E-state index contributed by atoms with van der Waals surface area (Å²) < 4.78 is 11.7. The molecule has 136 valence electrons. The summed E-state index contributed by atoms with van der Waals surface area (Å²) in [6, 6.07) is 0. The van der Waals surface area contributed by atoms with E-state index in [4.69, 9.17) is 9.47 Å². The number of ether oxygens (including phenoxy) is 2. The van der Waals surface area contributed by atoms with E-state index in [-0.39, 0.29) is 29.0 Å². The predicted octanol–water partition coefficient (Wildman–Crippen LogP) is 1.55. The van der Waals surface area contributed by atoms with Crippen LogP contribution in [0.1, 0.15) is 46.5 Å². The molecule has 1 N–H and O–H groups in total. The van der Waals surface area contributed by atoms with Crippen LogP contribution in [0.4, 0.5) is 0 Å². The number of aliphatic hydroxyl groups is 1. The van der Waals surface area contributed by atoms with E-state index < -0.39 is 35.6 Å². The van der Waals surface area contributed by atoms with Gasteiger partial charge in [-0.25, -0.2) is 4.79 Å². The van der Waals surface area contributed by atoms with Crippen molar-refractivity contribution in [3.05, 3.63) is 11.3 Å². The third-order valence-electron chi connectivity index (χ3n) is 6.53. The predicted molar refractivity (Wildman–Crippen MR) is 86.2 cm³/mol. The molecule has 5 rings (SSSR count). The van der Waals surface area contributed by atoms with Crippen LogP contribution in [0.2, 0.25) is 0 Å². The van der Waals surface area contributed by atoms with Crippen LogP contribution in [-0.2, 0) is 23.9 Å². The van der Waals surface area contributed by atoms with Crippen LogP contribution in [0.3, 0.4) is 0 Å². The van der Waals surface area contributed by atoms with Crippen LogP contribution in [-0.4, -0.2) is 40.5 Å². The number of carbonyl (C=O) groups excluding carboxylic acids is 3. The molecule has 2 aliphatic carbocycles. The van der Waals surface area contributed by atoms with E-state index in [0.29, 0.717) is 31.4 Å². The molecule has 0 aromatic carbocycles. The van der Waals surface area contributed by atoms with Crippen molar-refractivity contribution < 1.29 is 29.0 Å². The average molecular weight is 348 g/mol. The normalized spacial score (nSPS) is 46.6. The van der Waals surface area contributed by atoms with Crippen LogP contribution in [0.5, 0.6) is 0 Å². The van der Waals surface area contributed by atoms with E-state index in [1.165, 1.54) is 0 Å². The highest BCUT2D eigenvalue weighted by Gasteiger charge is 2.67. The van der Waals surface area contributed by atoms with Crippen LogP contribution >= 0.6 is 0 Å². The van der Waals surface area contributed by atoms with Crippen molar-refractivity contribution in [2.45, 2.75) is 64.3 Å². The largest absolute Gasteiger partial charge is 0.486 e. The minimum absolute atomic E-state index is 0.00264. The summed E-state index contributed by atoms with van der Waals surface area (Å²) in [5, 5.41) is 10.8. The molecule has 1 spiro atoms. The van der Waals surface area contributed by atoms with E-state index >= 15 is 0 Å². The Balaban J connectivity index is 1.87. The van der Waals surface area contributed by atoms with Crippen molar-refractivity contribution in [3.8, 4) is 0 Å². The zero-order chi connectivity index (χ0) is 18.1. The van der Waals surface area contributed by atoms with Gasteiger partial charge in [0.15, 0.2) is 17.1 Å². The molecule has 6 heteroatoms. The van der Waals surface area contributed by atoms with E-state index in [9.17, 15) is 19.5 Å². The molecule has 3 heterocycles. The molecule has 7 atom stereocenters. The molecular formula is C19H24O6. The lowest BCUT2D eigenvalue weighted by Gasteiger charge is -2.55. The highest BCUT2D eigenvalue weighted by molar-refractivity contribution is 6.20. The number of ketones is 2. The Morgan fingerprint density at radius 3 is 2.56 bits per heavy atom. The monoisotopic (exact) mass is 348 g/mol. The Kier molecular flexibility index (Phi) is 3.62. The quantitative estimate of drug-likeness (QED) is 0.528. The first-order chi connectivity index (χ1) is 11.8. The zero-order valence-corrected chi connectivity index (χ0v) is 14.8. The topological polar surface area (TPSA) is 89.9 Å². The lowest BCUT2D eigenvalue weighted by molar-refractivity contribution is -0.232. The molecular weight excluding hydrogens is 324 g/mol. The summed E-state index contributed by atoms with van der Waals surface area (Å²) in [7, 11) is 0. The second-order valence-electron chi connectivity index (χ2n) is 8.25. The smallest absolute Gasteiger partial charge is 0.346 e. The van der Waals surface area contributed by atoms with Gasteiger partial charge >= 0.3 is 5.97 Å². The van der Waals surface area contributed by atoms with Crippen molar-refractivity contribution in [3.63, 3.8) is 0 Å². The maximum atomic E-state index is 12.9. The van der Waals surface area contributed by atoms with Gasteiger partial charge in [-0.05, 0) is 18.8 Å². The molecule has 5 bridgehead atoms. The van der Waals surface area contributed by atoms with Gasteiger partial charge in [-0.2, -0.15) is 0 Å². The minimum Gasteiger partial charge on any atom is -0.486 e. The van der Waals surface area contributed by atoms with Gasteiger partial charge in [0.2, 0.25) is 0 Å². The molecule has 1 saturated carbocycles. The lowest BCUT2D eigenvalue weighted by atomic mass is 9.63. The molecule has 25 heavy (non-hydrogen) atoms. The van der Waals surface area contributed by atoms with Crippen molar-refractivity contribution in [2.24, 2.45) is 23.7 Å². The van der Waals surface area contributed by atoms with Gasteiger partial charge in [0.1, 0.15) is 17.5 Å². The van der Waals surface area contributed by atoms with Gasteiger partial charge in [0.25, 0.3) is 0 Å². The Morgan fingerprint density at radius 1 is 1.12 bits per heavy atom. The molecule has 1 unspecified atom stereocenters. The summed E-state index contributed by atoms with van der Waals surface area (Å²) in [6.45, 7) is 5.51. The second kappa shape index (κ2) is 5.40. The summed E-state index contributed by atoms with van der Waals surface area (Å²) >= 11 is 0. The van der Waals surface area contributed by atoms with Crippen LogP contribution in [0.25, 0.3) is 0 Å². The number of hydrogen-bond donors (Lipinski definition) is 1. The third-order valence-corrected chi connectivity index (χ3v) is 6.53. The van der Waals surface area contributed by atoms with Crippen LogP contribution < -0.4 is 0 Å². The number of esters is 1. The maximum absolute atomic E-state index is 12.9. The van der Waals surface area contributed by atoms with Gasteiger partial charge in [-0.1, -0.05) is 20.8 Å². The number of hydrogen-bond acceptors (Lipinski definition) is 6. The summed E-state index contributed by atoms with van der Waals surface area (Å²) in [6.07, 6.45) is 0.395. The first-order valence-electron chi connectivity index (χ1n) is 9.16. The summed E-state index contributed by atoms with van der Waals surface area (Å²) in [5.41, 5.74) is -1.09. The van der Waals surface area contributed by atoms with Crippen molar-refractivity contribution in [1.29, 1.82) is 0 Å². The van der Waals surface area contributed by atoms with E-state index in [2.05, 4.69) is 0 Å². The van der Waals surface area contributed by atoms with Crippen LogP contribution in [0, 0.1) is 23.7 Å². The maximum Gasteiger partial charge on any atom is 0.346 e. The van der Waals surface area contributed by atoms with Crippen LogP contribution in [0.15, 0.2) is 11.3 Å². The van der Waals surface area contributed by atoms with Crippen molar-refractivity contribution in [1.82, 2.24) is 0 Å². The van der Waals surface area contributed by atoms with Crippen molar-refractivity contribution >= 4 is 17.5 Å². The fourth-order valence-electron chi connectivity index (χ4n) is 5.19. The Labute approximate surface area is 146 Å². The molecule has 3 aliphatic heterocycles. The highest BCUT2D eigenvalue weighted by Crippen LogP contribution is 2.57. The molecule has 0 aromatic heterocycles. The van der Waals surface area contributed by atoms with Gasteiger partial charge < -0.3 is 14.6 Å². The number of rotatable bonds is 0. The average Bonchev–Trinajstić information content (AvgIpc) is 2.83. The minimum atomic E-state index is -1.09. The van der Waals surface area contributed by atoms with Gasteiger partial charge in [-0.3, -0.25) is 9.59 Å². The number of carbonyl (C=O) groups is 3. The Bertz CT molecular complexity index is 694. The fraction of sp³-hybridized carbons (Fsp3) is 0.737. The first kappa shape index (κ1) is 16.8. The molecule has 0 amide bonds. The Hall–Kier alpha value is -1.69. The van der Waals surface area contributed by atoms with Gasteiger partial charge in [0, 0.05) is 30.6 Å². The third kappa shape index (κ3) is 2.16. The standard InChI is InChI=1S/C19H24O6/c1-8-6-9(2)14(21)13-17-19(25-18(13)23)7-10(3)16(24-17)15(22)11(19)4-5-12(8)20/h8-11,15-16,22H,4-7H2,1-3H3/t8-,9+,10+,11?,15+,16+,19+/m0/s1. The second-order valence-corrected chi connectivity index (χ2v) is 8.25. The van der Waals surface area contributed by atoms with E-state index in [1.54, 1.807) is 6.92 Å². The molecule has 5 aliphatic rings. The fourth-order valence-corrected chi connectivity index (χ4v) is 5.19. The van der Waals surface area contributed by atoms with E-state index in [0.717, 1.165) is 0 Å². The van der Waals surface area contributed by atoms with E-state index in [1.807, 2.05) is 13.8 Å². The Morgan fingerprint density at radius 2 is 1.84 bits per heavy atom. The molecule has 2 saturated heterocycles. The first-order valence-corrected chi connectivity index (χ1v) is 9.16. The zero-order valence-electron chi connectivity index (χ0n) is 14.8. The summed E-state index contributed by atoms with van der Waals surface area (Å²) in [4.78, 5) is 38.0. The highest BCUT2D eigenvalue weighted by atomic mass is 16.6. The van der Waals surface area contributed by atoms with Crippen molar-refractivity contribution in [2.75, 3.05) is 0 Å². The molecule has 3 fully saturated rings. The number of fused-ring (bicyclic) bond motifs is 1. The summed E-state index contributed by atoms with van der Waals surface area (Å²) in [5.74, 6) is -1.64. The van der Waals surface area contributed by atoms with Gasteiger partial charge in [-0.15, -0.1) is 0 Å². The SMILES string of the molecule is C[C@@H]1C[C@H](C)C(=O)CCC2[C@@H](O)[C@@H]3OC4=C(C(=O)O[C@@]42C[C@H]3C)C1=O. The molecule has 0 aromatic rings. The van der Waals surface area contributed by atoms with Gasteiger partial charge in [0.05, 0.1) is 6.10 Å². The number of aliphatic hydroxyl groups excluding tert-OH is 1.